The number of methoxy groups -OCH3 is 1. The van der Waals surface area contributed by atoms with Gasteiger partial charge in [0.1, 0.15) is 5.75 Å². The van der Waals surface area contributed by atoms with Gasteiger partial charge in [-0.2, -0.15) is 0 Å². The number of hydrogen-bond acceptors (Lipinski definition) is 2. The average molecular weight is 303 g/mol. The summed E-state index contributed by atoms with van der Waals surface area (Å²) in [5.74, 6) is 0.981. The van der Waals surface area contributed by atoms with E-state index in [-0.39, 0.29) is 0 Å². The van der Waals surface area contributed by atoms with Gasteiger partial charge in [-0.3, -0.25) is 0 Å². The van der Waals surface area contributed by atoms with Gasteiger partial charge in [-0.05, 0) is 47.6 Å². The molecule has 0 amide bonds. The highest BCUT2D eigenvalue weighted by molar-refractivity contribution is 14.1. The van der Waals surface area contributed by atoms with Crippen LogP contribution in [0.25, 0.3) is 0 Å². The van der Waals surface area contributed by atoms with Crippen LogP contribution in [-0.4, -0.2) is 20.2 Å². The molecule has 0 radical (unpaired) electrons. The predicted octanol–water partition coefficient (Wildman–Crippen LogP) is 2.90. The van der Waals surface area contributed by atoms with Crippen LogP contribution in [0.1, 0.15) is 12.8 Å². The lowest BCUT2D eigenvalue weighted by Gasteiger charge is -2.18. The molecule has 1 heterocycles. The fraction of sp³-hybridized carbons (Fsp3) is 0.455. The Morgan fingerprint density at radius 3 is 2.64 bits per heavy atom. The van der Waals surface area contributed by atoms with E-state index in [1.807, 2.05) is 0 Å². The fourth-order valence-corrected chi connectivity index (χ4v) is 2.38. The molecule has 76 valence electrons. The van der Waals surface area contributed by atoms with Crippen LogP contribution in [-0.2, 0) is 0 Å². The smallest absolute Gasteiger partial charge is 0.134 e. The Hall–Kier alpha value is -0.450. The van der Waals surface area contributed by atoms with Gasteiger partial charge in [-0.1, -0.05) is 0 Å². The number of nitrogens with zero attached hydrogens (tertiary/aromatic N) is 1. The highest BCUT2D eigenvalue weighted by atomic mass is 127. The van der Waals surface area contributed by atoms with Crippen LogP contribution in [0.4, 0.5) is 5.69 Å². The maximum Gasteiger partial charge on any atom is 0.134 e. The highest BCUT2D eigenvalue weighted by Gasteiger charge is 2.13. The maximum absolute atomic E-state index is 5.31. The molecule has 0 bridgehead atoms. The Morgan fingerprint density at radius 2 is 2.00 bits per heavy atom. The van der Waals surface area contributed by atoms with E-state index in [0.717, 1.165) is 5.75 Å². The summed E-state index contributed by atoms with van der Waals surface area (Å²) in [6.45, 7) is 2.37. The number of anilines is 1. The third kappa shape index (κ3) is 1.97. The van der Waals surface area contributed by atoms with Gasteiger partial charge in [0.2, 0.25) is 0 Å². The first-order valence-corrected chi connectivity index (χ1v) is 5.97. The molecule has 1 aromatic rings. The van der Waals surface area contributed by atoms with E-state index in [0.29, 0.717) is 0 Å². The molecule has 0 N–H and O–H groups in total. The number of hydrogen-bond donors (Lipinski definition) is 0. The first-order chi connectivity index (χ1) is 6.81. The van der Waals surface area contributed by atoms with Gasteiger partial charge in [0.15, 0.2) is 0 Å². The van der Waals surface area contributed by atoms with Crippen molar-refractivity contribution in [3.05, 3.63) is 21.8 Å². The van der Waals surface area contributed by atoms with Crippen LogP contribution in [0.3, 0.4) is 0 Å². The van der Waals surface area contributed by atoms with Gasteiger partial charge in [0.25, 0.3) is 0 Å². The third-order valence-electron chi connectivity index (χ3n) is 2.61. The highest BCUT2D eigenvalue weighted by Crippen LogP contribution is 2.28. The topological polar surface area (TPSA) is 12.5 Å². The molecule has 14 heavy (non-hydrogen) atoms. The van der Waals surface area contributed by atoms with Crippen LogP contribution >= 0.6 is 22.6 Å². The first kappa shape index (κ1) is 10.1. The lowest BCUT2D eigenvalue weighted by Crippen LogP contribution is -2.17. The average Bonchev–Trinajstić information content (AvgIpc) is 2.71. The second kappa shape index (κ2) is 4.38. The van der Waals surface area contributed by atoms with E-state index < -0.39 is 0 Å². The standard InChI is InChI=1S/C11H14INO/c1-14-11-8-9(4-5-10(11)12)13-6-2-3-7-13/h4-5,8H,2-3,6-7H2,1H3. The molecular weight excluding hydrogens is 289 g/mol. The Labute approximate surface area is 98.4 Å². The molecule has 1 aromatic carbocycles. The van der Waals surface area contributed by atoms with E-state index >= 15 is 0 Å². The summed E-state index contributed by atoms with van der Waals surface area (Å²) in [5, 5.41) is 0. The number of halogens is 1. The Morgan fingerprint density at radius 1 is 1.29 bits per heavy atom. The van der Waals surface area contributed by atoms with E-state index in [9.17, 15) is 0 Å². The van der Waals surface area contributed by atoms with Crippen LogP contribution in [0.5, 0.6) is 5.75 Å². The normalized spacial score (nSPS) is 16.0. The molecule has 2 nitrogen and oxygen atoms in total. The number of benzene rings is 1. The van der Waals surface area contributed by atoms with Crippen molar-refractivity contribution in [1.29, 1.82) is 0 Å². The van der Waals surface area contributed by atoms with Crippen molar-refractivity contribution in [2.75, 3.05) is 25.1 Å². The molecule has 0 spiro atoms. The van der Waals surface area contributed by atoms with E-state index in [4.69, 9.17) is 4.74 Å². The summed E-state index contributed by atoms with van der Waals surface area (Å²) in [4.78, 5) is 2.42. The molecule has 0 unspecified atom stereocenters. The Balaban J connectivity index is 2.25. The molecule has 3 heteroatoms. The SMILES string of the molecule is COc1cc(N2CCCC2)ccc1I. The van der Waals surface area contributed by atoms with E-state index in [1.54, 1.807) is 7.11 Å². The lowest BCUT2D eigenvalue weighted by molar-refractivity contribution is 0.412. The summed E-state index contributed by atoms with van der Waals surface area (Å²) >= 11 is 2.30. The summed E-state index contributed by atoms with van der Waals surface area (Å²) in [6.07, 6.45) is 2.63. The van der Waals surface area contributed by atoms with E-state index in [2.05, 4.69) is 45.7 Å². The summed E-state index contributed by atoms with van der Waals surface area (Å²) in [7, 11) is 1.73. The summed E-state index contributed by atoms with van der Waals surface area (Å²) in [5.41, 5.74) is 1.29. The molecule has 1 fully saturated rings. The second-order valence-electron chi connectivity index (χ2n) is 3.51. The zero-order valence-electron chi connectivity index (χ0n) is 8.29. The van der Waals surface area contributed by atoms with Gasteiger partial charge < -0.3 is 9.64 Å². The van der Waals surface area contributed by atoms with Gasteiger partial charge in [-0.15, -0.1) is 0 Å². The van der Waals surface area contributed by atoms with Crippen molar-refractivity contribution in [3.8, 4) is 5.75 Å². The maximum atomic E-state index is 5.31. The van der Waals surface area contributed by atoms with Crippen molar-refractivity contribution in [2.45, 2.75) is 12.8 Å². The zero-order chi connectivity index (χ0) is 9.97. The Bertz CT molecular complexity index is 321. The molecule has 0 aromatic heterocycles. The molecule has 1 aliphatic rings. The number of rotatable bonds is 2. The quantitative estimate of drug-likeness (QED) is 0.779. The minimum atomic E-state index is 0.981. The summed E-state index contributed by atoms with van der Waals surface area (Å²) < 4.78 is 6.49. The minimum Gasteiger partial charge on any atom is -0.496 e. The molecule has 2 rings (SSSR count). The van der Waals surface area contributed by atoms with Crippen LogP contribution in [0.2, 0.25) is 0 Å². The van der Waals surface area contributed by atoms with Gasteiger partial charge in [0, 0.05) is 24.8 Å². The Kier molecular flexibility index (Phi) is 3.15. The van der Waals surface area contributed by atoms with Crippen LogP contribution in [0.15, 0.2) is 18.2 Å². The van der Waals surface area contributed by atoms with Gasteiger partial charge in [0.05, 0.1) is 10.7 Å². The molecule has 0 atom stereocenters. The monoisotopic (exact) mass is 303 g/mol. The van der Waals surface area contributed by atoms with Crippen molar-refractivity contribution < 1.29 is 4.74 Å². The van der Waals surface area contributed by atoms with Crippen molar-refractivity contribution in [1.82, 2.24) is 0 Å². The van der Waals surface area contributed by atoms with Gasteiger partial charge in [-0.25, -0.2) is 0 Å². The molecule has 1 saturated heterocycles. The first-order valence-electron chi connectivity index (χ1n) is 4.90. The molecule has 0 aliphatic carbocycles. The number of ether oxygens (including phenoxy) is 1. The van der Waals surface area contributed by atoms with Crippen LogP contribution < -0.4 is 9.64 Å². The van der Waals surface area contributed by atoms with Gasteiger partial charge >= 0.3 is 0 Å². The second-order valence-corrected chi connectivity index (χ2v) is 4.68. The zero-order valence-corrected chi connectivity index (χ0v) is 10.5. The molecule has 0 saturated carbocycles. The minimum absolute atomic E-state index is 0.981. The molecular formula is C11H14INO. The van der Waals surface area contributed by atoms with Crippen molar-refractivity contribution >= 4 is 28.3 Å². The third-order valence-corrected chi connectivity index (χ3v) is 3.50. The largest absolute Gasteiger partial charge is 0.496 e. The van der Waals surface area contributed by atoms with E-state index in [1.165, 1.54) is 35.2 Å². The molecule has 1 aliphatic heterocycles. The fourth-order valence-electron chi connectivity index (χ4n) is 1.82. The lowest BCUT2D eigenvalue weighted by atomic mass is 10.3. The van der Waals surface area contributed by atoms with Crippen molar-refractivity contribution in [3.63, 3.8) is 0 Å². The summed E-state index contributed by atoms with van der Waals surface area (Å²) in [6, 6.07) is 6.43. The van der Waals surface area contributed by atoms with Crippen LogP contribution in [0, 0.1) is 3.57 Å². The predicted molar refractivity (Wildman–Crippen MR) is 67.2 cm³/mol. The van der Waals surface area contributed by atoms with Crippen molar-refractivity contribution in [2.24, 2.45) is 0 Å².